The molecule has 0 fully saturated rings. The van der Waals surface area contributed by atoms with Crippen LogP contribution in [0.5, 0.6) is 11.5 Å². The Morgan fingerprint density at radius 3 is 2.62 bits per heavy atom. The van der Waals surface area contributed by atoms with Gasteiger partial charge in [-0.1, -0.05) is 19.1 Å². The van der Waals surface area contributed by atoms with Gasteiger partial charge in [0.25, 0.3) is 0 Å². The number of benzene rings is 2. The van der Waals surface area contributed by atoms with Gasteiger partial charge in [-0.05, 0) is 62.2 Å². The monoisotopic (exact) mass is 330 g/mol. The van der Waals surface area contributed by atoms with Gasteiger partial charge in [-0.2, -0.15) is 0 Å². The summed E-state index contributed by atoms with van der Waals surface area (Å²) in [7, 11) is 0. The fraction of sp³-hybridized carbons (Fsp3) is 0.300. The standard InChI is InChI=1S/C20H23FO3/c1-4-7-19(22)16-10-15(11-17(12-16)24-14(2)3)13-23-20-9-6-5-8-18(20)21/h5-12,14,22H,4,13H2,1-3H3/b19-7+. The molecule has 0 saturated heterocycles. The fourth-order valence-corrected chi connectivity index (χ4v) is 2.27. The van der Waals surface area contributed by atoms with Crippen molar-refractivity contribution in [1.82, 2.24) is 0 Å². The Kier molecular flexibility index (Phi) is 6.24. The molecule has 0 unspecified atom stereocenters. The van der Waals surface area contributed by atoms with Crippen LogP contribution in [0.2, 0.25) is 0 Å². The van der Waals surface area contributed by atoms with Crippen molar-refractivity contribution in [1.29, 1.82) is 0 Å². The summed E-state index contributed by atoms with van der Waals surface area (Å²) >= 11 is 0. The Hall–Kier alpha value is -2.49. The molecule has 0 aliphatic carbocycles. The predicted molar refractivity (Wildman–Crippen MR) is 93.8 cm³/mol. The smallest absolute Gasteiger partial charge is 0.165 e. The molecule has 2 aromatic carbocycles. The molecule has 2 aromatic rings. The zero-order valence-corrected chi connectivity index (χ0v) is 14.3. The Bertz CT molecular complexity index is 708. The number of hydrogen-bond donors (Lipinski definition) is 1. The zero-order chi connectivity index (χ0) is 17.5. The van der Waals surface area contributed by atoms with Crippen LogP contribution >= 0.6 is 0 Å². The average Bonchev–Trinajstić information content (AvgIpc) is 2.53. The summed E-state index contributed by atoms with van der Waals surface area (Å²) in [6.45, 7) is 6.00. The highest BCUT2D eigenvalue weighted by Gasteiger charge is 2.09. The first kappa shape index (κ1) is 17.9. The molecule has 0 aromatic heterocycles. The number of halogens is 1. The molecule has 24 heavy (non-hydrogen) atoms. The summed E-state index contributed by atoms with van der Waals surface area (Å²) in [5, 5.41) is 10.1. The molecule has 0 heterocycles. The highest BCUT2D eigenvalue weighted by atomic mass is 19.1. The molecule has 2 rings (SSSR count). The minimum absolute atomic E-state index is 0.0119. The van der Waals surface area contributed by atoms with Gasteiger partial charge in [0.1, 0.15) is 18.1 Å². The Labute approximate surface area is 142 Å². The van der Waals surface area contributed by atoms with Crippen molar-refractivity contribution in [2.45, 2.75) is 39.9 Å². The van der Waals surface area contributed by atoms with Crippen molar-refractivity contribution >= 4 is 5.76 Å². The third-order valence-electron chi connectivity index (χ3n) is 3.26. The molecular weight excluding hydrogens is 307 g/mol. The summed E-state index contributed by atoms with van der Waals surface area (Å²) in [6.07, 6.45) is 2.47. The van der Waals surface area contributed by atoms with E-state index in [-0.39, 0.29) is 24.2 Å². The van der Waals surface area contributed by atoms with Gasteiger partial charge >= 0.3 is 0 Å². The minimum atomic E-state index is -0.402. The van der Waals surface area contributed by atoms with Gasteiger partial charge in [0.15, 0.2) is 11.6 Å². The maximum Gasteiger partial charge on any atom is 0.165 e. The molecule has 0 aliphatic heterocycles. The molecule has 0 aliphatic rings. The average molecular weight is 330 g/mol. The van der Waals surface area contributed by atoms with Crippen LogP contribution in [-0.4, -0.2) is 11.2 Å². The van der Waals surface area contributed by atoms with Crippen LogP contribution < -0.4 is 9.47 Å². The SMILES string of the molecule is CC/C=C(/O)c1cc(COc2ccccc2F)cc(OC(C)C)c1. The quantitative estimate of drug-likeness (QED) is 0.681. The van der Waals surface area contributed by atoms with E-state index in [9.17, 15) is 9.50 Å². The molecule has 0 saturated carbocycles. The van der Waals surface area contributed by atoms with E-state index in [4.69, 9.17) is 9.47 Å². The second-order valence-corrected chi connectivity index (χ2v) is 5.75. The first-order chi connectivity index (χ1) is 11.5. The molecule has 4 heteroatoms. The summed E-state index contributed by atoms with van der Waals surface area (Å²) in [5.74, 6) is 0.633. The molecular formula is C20H23FO3. The van der Waals surface area contributed by atoms with Gasteiger partial charge in [0.05, 0.1) is 6.10 Å². The van der Waals surface area contributed by atoms with Crippen molar-refractivity contribution in [3.05, 3.63) is 65.5 Å². The van der Waals surface area contributed by atoms with Gasteiger partial charge in [0, 0.05) is 5.56 Å². The van der Waals surface area contributed by atoms with E-state index >= 15 is 0 Å². The van der Waals surface area contributed by atoms with Crippen LogP contribution in [0.3, 0.4) is 0 Å². The number of allylic oxidation sites excluding steroid dienone is 1. The van der Waals surface area contributed by atoms with E-state index in [0.29, 0.717) is 11.3 Å². The van der Waals surface area contributed by atoms with Crippen molar-refractivity contribution in [3.63, 3.8) is 0 Å². The number of ether oxygens (including phenoxy) is 2. The topological polar surface area (TPSA) is 38.7 Å². The van der Waals surface area contributed by atoms with Crippen LogP contribution in [0, 0.1) is 5.82 Å². The van der Waals surface area contributed by atoms with Crippen LogP contribution in [0.4, 0.5) is 4.39 Å². The zero-order valence-electron chi connectivity index (χ0n) is 14.3. The second-order valence-electron chi connectivity index (χ2n) is 5.75. The third-order valence-corrected chi connectivity index (χ3v) is 3.26. The van der Waals surface area contributed by atoms with Crippen molar-refractivity contribution < 1.29 is 19.0 Å². The van der Waals surface area contributed by atoms with E-state index < -0.39 is 5.82 Å². The first-order valence-corrected chi connectivity index (χ1v) is 8.07. The highest BCUT2D eigenvalue weighted by molar-refractivity contribution is 5.61. The second kappa shape index (κ2) is 8.39. The van der Waals surface area contributed by atoms with Crippen molar-refractivity contribution in [2.75, 3.05) is 0 Å². The normalized spacial score (nSPS) is 11.6. The van der Waals surface area contributed by atoms with Crippen LogP contribution in [0.25, 0.3) is 5.76 Å². The summed E-state index contributed by atoms with van der Waals surface area (Å²) < 4.78 is 24.9. The van der Waals surface area contributed by atoms with E-state index in [1.165, 1.54) is 6.07 Å². The van der Waals surface area contributed by atoms with Gasteiger partial charge < -0.3 is 14.6 Å². The van der Waals surface area contributed by atoms with Gasteiger partial charge in [-0.15, -0.1) is 0 Å². The molecule has 0 radical (unpaired) electrons. The van der Waals surface area contributed by atoms with Gasteiger partial charge in [0.2, 0.25) is 0 Å². The minimum Gasteiger partial charge on any atom is -0.508 e. The molecule has 3 nitrogen and oxygen atoms in total. The third kappa shape index (κ3) is 5.01. The lowest BCUT2D eigenvalue weighted by Crippen LogP contribution is -2.07. The molecule has 0 spiro atoms. The maximum atomic E-state index is 13.7. The Morgan fingerprint density at radius 2 is 1.96 bits per heavy atom. The maximum absolute atomic E-state index is 13.7. The fourth-order valence-electron chi connectivity index (χ4n) is 2.27. The Balaban J connectivity index is 2.25. The van der Waals surface area contributed by atoms with Crippen LogP contribution in [0.15, 0.2) is 48.5 Å². The van der Waals surface area contributed by atoms with Gasteiger partial charge in [-0.25, -0.2) is 4.39 Å². The molecule has 0 atom stereocenters. The Morgan fingerprint density at radius 1 is 1.21 bits per heavy atom. The summed E-state index contributed by atoms with van der Waals surface area (Å²) in [4.78, 5) is 0. The molecule has 1 N–H and O–H groups in total. The number of hydrogen-bond acceptors (Lipinski definition) is 3. The van der Waals surface area contributed by atoms with E-state index in [0.717, 1.165) is 12.0 Å². The molecule has 0 amide bonds. The number of aliphatic hydroxyl groups is 1. The first-order valence-electron chi connectivity index (χ1n) is 8.07. The van der Waals surface area contributed by atoms with Crippen LogP contribution in [-0.2, 0) is 6.61 Å². The molecule has 0 bridgehead atoms. The van der Waals surface area contributed by atoms with E-state index in [1.807, 2.05) is 32.9 Å². The van der Waals surface area contributed by atoms with Gasteiger partial charge in [-0.3, -0.25) is 0 Å². The lowest BCUT2D eigenvalue weighted by atomic mass is 10.1. The van der Waals surface area contributed by atoms with Crippen molar-refractivity contribution in [3.8, 4) is 11.5 Å². The number of rotatable bonds is 7. The summed E-state index contributed by atoms with van der Waals surface area (Å²) in [5.41, 5.74) is 1.45. The lowest BCUT2D eigenvalue weighted by molar-refractivity contribution is 0.240. The highest BCUT2D eigenvalue weighted by Crippen LogP contribution is 2.25. The van der Waals surface area contributed by atoms with E-state index in [1.54, 1.807) is 30.3 Å². The largest absolute Gasteiger partial charge is 0.508 e. The number of aliphatic hydroxyl groups excluding tert-OH is 1. The number of para-hydroxylation sites is 1. The summed E-state index contributed by atoms with van der Waals surface area (Å²) in [6, 6.07) is 11.7. The van der Waals surface area contributed by atoms with Crippen molar-refractivity contribution in [2.24, 2.45) is 0 Å². The van der Waals surface area contributed by atoms with Crippen LogP contribution in [0.1, 0.15) is 38.3 Å². The lowest BCUT2D eigenvalue weighted by Gasteiger charge is -2.14. The predicted octanol–water partition coefficient (Wildman–Crippen LogP) is 5.50. The van der Waals surface area contributed by atoms with E-state index in [2.05, 4.69) is 0 Å². The molecule has 128 valence electrons.